The minimum absolute atomic E-state index is 0.0119. The van der Waals surface area contributed by atoms with E-state index in [1.54, 1.807) is 6.92 Å². The monoisotopic (exact) mass is 1430 g/mol. The quantitative estimate of drug-likeness (QED) is 0.0834. The molecule has 0 bridgehead atoms. The second-order valence-corrected chi connectivity index (χ2v) is 32.7. The van der Waals surface area contributed by atoms with E-state index in [-0.39, 0.29) is 90.7 Å². The first-order chi connectivity index (χ1) is 42.1. The summed E-state index contributed by atoms with van der Waals surface area (Å²) in [5.41, 5.74) is 20.4. The van der Waals surface area contributed by atoms with Gasteiger partial charge in [0.05, 0.1) is 14.9 Å². The van der Waals surface area contributed by atoms with Crippen LogP contribution < -0.4 is 47.9 Å². The number of allylic oxidation sites excluding steroid dienone is 1. The lowest BCUT2D eigenvalue weighted by Crippen LogP contribution is -2.57. The molecule has 0 unspecified atom stereocenters. The Morgan fingerprint density at radius 2 is 1.42 bits per heavy atom. The first kappa shape index (κ1) is 71.9. The van der Waals surface area contributed by atoms with Crippen LogP contribution in [0.25, 0.3) is 22.4 Å². The molecule has 2 aromatic carbocycles. The van der Waals surface area contributed by atoms with Crippen LogP contribution in [0.2, 0.25) is 10.0 Å². The number of amides is 2. The molecule has 0 radical (unpaired) electrons. The number of primary sulfonamides is 4. The number of nitrogens with two attached hydrogens (primary N) is 7. The van der Waals surface area contributed by atoms with Crippen LogP contribution in [0, 0.1) is 28.6 Å². The van der Waals surface area contributed by atoms with Gasteiger partial charge in [0.15, 0.2) is 33.7 Å². The standard InChI is InChI=1S/C24H32O4S.C12H11N7.C6H6Cl2N2O4S2.C5H8N4O3S2.C4H6N4O3S2/c1-14(25)29-19-13-15-12-16(26)4-8-22(15,2)17-5-9-23(3)18(21(17)19)6-10-24(23)11-7-20(27)28-24;13-9-7(6-4-2-1-3-5-6)16-8-10(14)18-12(15)19-11(8)17-9;7-4-1-3(15(9,11)12)2-5(6(4)8)16(10,13)14;1-3(10)7-4-9(2)8-5(13-4)14(6,11)12;1-2(9)6-3-7-8-4(12-3)13(5,10)11/h12,17-19,21H,4-11,13H2,1-3H3;1-5H,(H6,13,14,15,17,18,19);1-2H,(H2,9,11,12)(H2,10,13,14);1-2H3,(H2,6,11,12);1H3,(H2,5,10,11)(H,6,7,9)/b;;;7-4-;/t17-,18-,19+,21+,22-,23-,24+;;;;/m0..../s1. The highest BCUT2D eigenvalue weighted by Crippen LogP contribution is 2.70. The number of anilines is 4. The smallest absolute Gasteiger partial charge is 0.306 e. The number of ketones is 1. The minimum atomic E-state index is -4.18. The van der Waals surface area contributed by atoms with Crippen LogP contribution >= 0.6 is 57.6 Å². The van der Waals surface area contributed by atoms with Crippen LogP contribution in [-0.4, -0.2) is 113 Å². The van der Waals surface area contributed by atoms with Crippen molar-refractivity contribution in [3.8, 4) is 11.3 Å². The molecule has 5 heterocycles. The fourth-order valence-corrected chi connectivity index (χ4v) is 18.3. The molecule has 7 atom stereocenters. The van der Waals surface area contributed by atoms with Crippen molar-refractivity contribution in [1.29, 1.82) is 0 Å². The lowest BCUT2D eigenvalue weighted by Gasteiger charge is -2.61. The molecule has 4 aliphatic carbocycles. The Labute approximate surface area is 544 Å². The van der Waals surface area contributed by atoms with E-state index in [0.717, 1.165) is 74.0 Å². The number of fused-ring (bicyclic) bond motifs is 7. The number of aromatic nitrogens is 8. The van der Waals surface area contributed by atoms with E-state index >= 15 is 0 Å². The Hall–Kier alpha value is -6.56. The van der Waals surface area contributed by atoms with E-state index in [4.69, 9.17) is 65.7 Å². The summed E-state index contributed by atoms with van der Waals surface area (Å²) < 4.78 is 94.0. The third-order valence-electron chi connectivity index (χ3n) is 16.0. The number of benzene rings is 2. The molecule has 31 nitrogen and oxygen atoms in total. The van der Waals surface area contributed by atoms with Crippen molar-refractivity contribution in [2.24, 2.45) is 61.2 Å². The maximum absolute atomic E-state index is 12.2. The Morgan fingerprint density at radius 3 is 1.97 bits per heavy atom. The number of nitrogens with one attached hydrogen (secondary N) is 1. The number of carbonyl (C=O) groups is 5. The van der Waals surface area contributed by atoms with Crippen molar-refractivity contribution in [3.05, 3.63) is 69.0 Å². The van der Waals surface area contributed by atoms with Crippen molar-refractivity contribution >= 4 is 160 Å². The number of rotatable bonds is 7. The normalized spacial score (nSPS) is 23.6. The first-order valence-electron chi connectivity index (χ1n) is 26.9. The van der Waals surface area contributed by atoms with Crippen molar-refractivity contribution < 1.29 is 62.4 Å². The summed E-state index contributed by atoms with van der Waals surface area (Å²) in [6, 6.07) is 11.2. The number of nitrogen functional groups attached to an aromatic ring is 3. The van der Waals surface area contributed by atoms with Gasteiger partial charge in [0.25, 0.3) is 20.0 Å². The van der Waals surface area contributed by atoms with Gasteiger partial charge in [-0.2, -0.15) is 15.0 Å². The summed E-state index contributed by atoms with van der Waals surface area (Å²) in [6.45, 7) is 8.95. The molecule has 91 heavy (non-hydrogen) atoms. The van der Waals surface area contributed by atoms with E-state index in [1.165, 1.54) is 42.9 Å². The van der Waals surface area contributed by atoms with Crippen LogP contribution in [0.15, 0.2) is 77.6 Å². The zero-order valence-electron chi connectivity index (χ0n) is 49.2. The van der Waals surface area contributed by atoms with Crippen molar-refractivity contribution in [1.82, 2.24) is 39.9 Å². The van der Waals surface area contributed by atoms with Gasteiger partial charge in [0.2, 0.25) is 56.4 Å². The molecule has 15 N–H and O–H groups in total. The van der Waals surface area contributed by atoms with Crippen LogP contribution in [0.3, 0.4) is 0 Å². The number of ether oxygens (including phenoxy) is 1. The Morgan fingerprint density at radius 1 is 0.769 bits per heavy atom. The molecule has 40 heteroatoms. The van der Waals surface area contributed by atoms with Crippen molar-refractivity contribution in [2.75, 3.05) is 22.5 Å². The number of thioether (sulfide) groups is 1. The largest absolute Gasteiger partial charge is 0.458 e. The van der Waals surface area contributed by atoms with E-state index in [9.17, 15) is 57.6 Å². The van der Waals surface area contributed by atoms with E-state index in [1.807, 2.05) is 36.4 Å². The van der Waals surface area contributed by atoms with Gasteiger partial charge in [-0.25, -0.2) is 68.9 Å². The van der Waals surface area contributed by atoms with E-state index in [2.05, 4.69) is 59.4 Å². The molecular weight excluding hydrogens is 1370 g/mol. The molecule has 2 amide bonds. The van der Waals surface area contributed by atoms with Gasteiger partial charge in [-0.3, -0.25) is 24.0 Å². The fraction of sp³-hybridized carbons (Fsp3) is 0.431. The highest BCUT2D eigenvalue weighted by atomic mass is 35.5. The molecule has 6 aromatic rings. The number of hydrogen-bond donors (Lipinski definition) is 8. The zero-order valence-corrected chi connectivity index (χ0v) is 56.4. The predicted octanol–water partition coefficient (Wildman–Crippen LogP) is 3.69. The van der Waals surface area contributed by atoms with Gasteiger partial charge in [0.1, 0.15) is 16.2 Å². The third-order valence-corrected chi connectivity index (χ3v) is 24.3. The SMILES string of the molecule is CC(=O)/N=c1\sc(S(N)(=O)=O)nn1C.CC(=O)Nc1nnc(S(N)(=O)=O)s1.CC(=O)S[C@@H]1CC2=CC(=O)CC[C@]2(C)[C@H]2CC[C@@]3(C)[C@@H](CC[C@@]34CCC(=O)O4)[C@H]12.NS(=O)(=O)c1cc(Cl)c(Cl)c(S(N)(=O)=O)c1.Nc1nc(N)c2nc(-c3ccccc3)c(N)nc2n1. The number of carbonyl (C=O) groups excluding carboxylic acids is 5. The number of nitrogens with zero attached hydrogens (tertiary/aromatic N) is 9. The first-order valence-corrected chi connectivity index (χ1v) is 36.4. The molecule has 5 aliphatic rings. The summed E-state index contributed by atoms with van der Waals surface area (Å²) in [5.74, 6) is 1.41. The molecule has 4 aromatic heterocycles. The molecule has 11 rings (SSSR count). The maximum Gasteiger partial charge on any atom is 0.306 e. The zero-order chi connectivity index (χ0) is 67.7. The predicted molar refractivity (Wildman–Crippen MR) is 340 cm³/mol. The Kier molecular flexibility index (Phi) is 21.8. The summed E-state index contributed by atoms with van der Waals surface area (Å²) in [4.78, 5) is 76.7. The number of esters is 1. The lowest BCUT2D eigenvalue weighted by molar-refractivity contribution is -0.167. The van der Waals surface area contributed by atoms with Crippen LogP contribution in [0.4, 0.5) is 22.7 Å². The highest BCUT2D eigenvalue weighted by molar-refractivity contribution is 8.14. The van der Waals surface area contributed by atoms with Crippen LogP contribution in [-0.2, 0) is 75.9 Å². The molecule has 1 spiro atoms. The molecule has 3 saturated carbocycles. The van der Waals surface area contributed by atoms with Gasteiger partial charge >= 0.3 is 5.97 Å². The molecule has 1 saturated heterocycles. The van der Waals surface area contributed by atoms with Gasteiger partial charge in [0, 0.05) is 56.9 Å². The van der Waals surface area contributed by atoms with Gasteiger partial charge < -0.3 is 27.3 Å². The minimum Gasteiger partial charge on any atom is -0.458 e. The van der Waals surface area contributed by atoms with E-state index < -0.39 is 55.8 Å². The van der Waals surface area contributed by atoms with Crippen LogP contribution in [0.5, 0.6) is 0 Å². The number of aryl methyl sites for hydroxylation is 1. The summed E-state index contributed by atoms with van der Waals surface area (Å²) in [6.07, 6.45) is 10.0. The average molecular weight is 1430 g/mol. The highest BCUT2D eigenvalue weighted by Gasteiger charge is 2.68. The molecular formula is C51H63Cl2N17O14S7. The molecule has 1 aliphatic heterocycles. The van der Waals surface area contributed by atoms with E-state index in [0.29, 0.717) is 58.8 Å². The average Bonchev–Trinajstić information content (AvgIpc) is 1.62. The summed E-state index contributed by atoms with van der Waals surface area (Å²) in [7, 11) is -14.4. The molecule has 4 fully saturated rings. The van der Waals surface area contributed by atoms with Crippen LogP contribution in [0.1, 0.15) is 92.4 Å². The van der Waals surface area contributed by atoms with Gasteiger partial charge in [-0.05, 0) is 86.3 Å². The van der Waals surface area contributed by atoms with Gasteiger partial charge in [-0.1, -0.05) is 107 Å². The summed E-state index contributed by atoms with van der Waals surface area (Å²) >= 11 is 14.1. The van der Waals surface area contributed by atoms with Gasteiger partial charge in [-0.15, -0.1) is 15.3 Å². The Balaban J connectivity index is 0.000000168. The fourth-order valence-electron chi connectivity index (χ4n) is 12.0. The Bertz CT molecular complexity index is 4480. The number of hydrogen-bond acceptors (Lipinski definition) is 27. The third kappa shape index (κ3) is 16.6. The topological polar surface area (TPSA) is 533 Å². The maximum atomic E-state index is 12.2. The lowest BCUT2D eigenvalue weighted by atomic mass is 9.46. The number of sulfonamides is 4. The summed E-state index contributed by atoms with van der Waals surface area (Å²) in [5, 5.41) is 31.7. The second kappa shape index (κ2) is 27.6. The number of halogens is 2. The second-order valence-electron chi connectivity index (χ2n) is 22.0. The van der Waals surface area contributed by atoms with Crippen molar-refractivity contribution in [2.45, 2.75) is 122 Å². The molecule has 492 valence electrons. The van der Waals surface area contributed by atoms with Crippen molar-refractivity contribution in [3.63, 3.8) is 0 Å².